The summed E-state index contributed by atoms with van der Waals surface area (Å²) in [5.74, 6) is -0.544. The van der Waals surface area contributed by atoms with Crippen LogP contribution in [0.2, 0.25) is 0 Å². The Morgan fingerprint density at radius 1 is 1.45 bits per heavy atom. The summed E-state index contributed by atoms with van der Waals surface area (Å²) in [6, 6.07) is 3.55. The van der Waals surface area contributed by atoms with E-state index in [-0.39, 0.29) is 21.4 Å². The molecule has 0 saturated heterocycles. The number of oxazole rings is 1. The maximum absolute atomic E-state index is 11.1. The number of carbonyl (C=O) groups is 1. The van der Waals surface area contributed by atoms with Crippen molar-refractivity contribution in [3.05, 3.63) is 45.3 Å². The third-order valence-electron chi connectivity index (χ3n) is 2.61. The molecule has 20 heavy (non-hydrogen) atoms. The monoisotopic (exact) mass is 294 g/mol. The van der Waals surface area contributed by atoms with Gasteiger partial charge in [-0.15, -0.1) is 0 Å². The molecule has 0 aliphatic rings. The minimum atomic E-state index is -1.16. The van der Waals surface area contributed by atoms with Gasteiger partial charge in [-0.2, -0.15) is 0 Å². The fraction of sp³-hybridized carbons (Fsp3) is 0.167. The van der Waals surface area contributed by atoms with Crippen molar-refractivity contribution < 1.29 is 19.2 Å². The summed E-state index contributed by atoms with van der Waals surface area (Å²) in [5.41, 5.74) is 0.474. The van der Waals surface area contributed by atoms with Gasteiger partial charge in [0.15, 0.2) is 0 Å². The summed E-state index contributed by atoms with van der Waals surface area (Å²) in [5, 5.41) is 20.1. The van der Waals surface area contributed by atoms with Gasteiger partial charge in [0, 0.05) is 17.0 Å². The predicted octanol–water partition coefficient (Wildman–Crippen LogP) is 3.05. The van der Waals surface area contributed by atoms with Crippen molar-refractivity contribution in [2.24, 2.45) is 0 Å². The van der Waals surface area contributed by atoms with Crippen LogP contribution >= 0.6 is 11.8 Å². The molecule has 7 nitrogen and oxygen atoms in total. The normalized spacial score (nSPS) is 10.5. The number of non-ortho nitro benzene ring substituents is 1. The second-order valence-electron chi connectivity index (χ2n) is 3.97. The molecule has 0 spiro atoms. The third-order valence-corrected chi connectivity index (χ3v) is 3.52. The van der Waals surface area contributed by atoms with Crippen LogP contribution in [0.15, 0.2) is 32.7 Å². The van der Waals surface area contributed by atoms with E-state index in [4.69, 9.17) is 9.52 Å². The van der Waals surface area contributed by atoms with Crippen LogP contribution < -0.4 is 0 Å². The first-order chi connectivity index (χ1) is 9.38. The zero-order chi connectivity index (χ0) is 14.9. The number of benzene rings is 1. The molecule has 8 heteroatoms. The molecule has 1 N–H and O–H groups in total. The van der Waals surface area contributed by atoms with Crippen LogP contribution in [0, 0.1) is 24.0 Å². The molecule has 1 aromatic carbocycles. The van der Waals surface area contributed by atoms with Gasteiger partial charge in [0.2, 0.25) is 0 Å². The number of rotatable bonds is 4. The summed E-state index contributed by atoms with van der Waals surface area (Å²) in [4.78, 5) is 25.6. The Morgan fingerprint density at radius 3 is 2.65 bits per heavy atom. The molecule has 2 aromatic rings. The van der Waals surface area contributed by atoms with Crippen molar-refractivity contribution in [1.29, 1.82) is 0 Å². The van der Waals surface area contributed by atoms with Gasteiger partial charge >= 0.3 is 5.97 Å². The molecule has 0 unspecified atom stereocenters. The highest BCUT2D eigenvalue weighted by molar-refractivity contribution is 7.99. The number of aryl methyl sites for hydroxylation is 2. The molecular formula is C12H10N2O5S. The van der Waals surface area contributed by atoms with Crippen LogP contribution in [0.25, 0.3) is 0 Å². The van der Waals surface area contributed by atoms with E-state index in [1.165, 1.54) is 12.1 Å². The quantitative estimate of drug-likeness (QED) is 0.682. The van der Waals surface area contributed by atoms with E-state index in [2.05, 4.69) is 4.98 Å². The van der Waals surface area contributed by atoms with Gasteiger partial charge in [0.25, 0.3) is 10.9 Å². The summed E-state index contributed by atoms with van der Waals surface area (Å²) in [7, 11) is 0. The van der Waals surface area contributed by atoms with E-state index in [1.54, 1.807) is 13.8 Å². The van der Waals surface area contributed by atoms with Crippen LogP contribution in [0.4, 0.5) is 5.69 Å². The number of nitro benzene ring substituents is 1. The lowest BCUT2D eigenvalue weighted by molar-refractivity contribution is -0.385. The lowest BCUT2D eigenvalue weighted by atomic mass is 10.2. The van der Waals surface area contributed by atoms with Gasteiger partial charge in [-0.3, -0.25) is 10.1 Å². The molecule has 0 bridgehead atoms. The molecule has 1 aromatic heterocycles. The SMILES string of the molecule is Cc1nc(Sc2cc([N+](=O)[O-])ccc2C(=O)O)oc1C. The van der Waals surface area contributed by atoms with E-state index >= 15 is 0 Å². The predicted molar refractivity (Wildman–Crippen MR) is 70.2 cm³/mol. The number of carboxylic acids is 1. The Hall–Kier alpha value is -2.35. The zero-order valence-corrected chi connectivity index (χ0v) is 11.4. The molecular weight excluding hydrogens is 284 g/mol. The van der Waals surface area contributed by atoms with Crippen LogP contribution in [0.5, 0.6) is 0 Å². The van der Waals surface area contributed by atoms with Crippen molar-refractivity contribution in [2.75, 3.05) is 0 Å². The highest BCUT2D eigenvalue weighted by Gasteiger charge is 2.18. The number of carboxylic acid groups (broad SMARTS) is 1. The second-order valence-corrected chi connectivity index (χ2v) is 4.96. The molecule has 1 heterocycles. The number of aromatic nitrogens is 1. The van der Waals surface area contributed by atoms with Gasteiger partial charge < -0.3 is 9.52 Å². The van der Waals surface area contributed by atoms with Crippen LogP contribution in [-0.2, 0) is 0 Å². The first kappa shape index (κ1) is 14.1. The highest BCUT2D eigenvalue weighted by atomic mass is 32.2. The molecule has 0 amide bonds. The molecule has 0 aliphatic carbocycles. The Bertz CT molecular complexity index is 676. The van der Waals surface area contributed by atoms with Crippen molar-refractivity contribution >= 4 is 23.4 Å². The molecule has 104 valence electrons. The topological polar surface area (TPSA) is 106 Å². The van der Waals surface area contributed by atoms with Crippen molar-refractivity contribution in [1.82, 2.24) is 4.98 Å². The van der Waals surface area contributed by atoms with Gasteiger partial charge in [0.05, 0.1) is 16.2 Å². The Labute approximate surface area is 117 Å². The smallest absolute Gasteiger partial charge is 0.336 e. The van der Waals surface area contributed by atoms with Gasteiger partial charge in [-0.1, -0.05) is 0 Å². The van der Waals surface area contributed by atoms with Crippen molar-refractivity contribution in [3.8, 4) is 0 Å². The fourth-order valence-electron chi connectivity index (χ4n) is 1.47. The average Bonchev–Trinajstić information content (AvgIpc) is 2.67. The molecule has 0 radical (unpaired) electrons. The van der Waals surface area contributed by atoms with Crippen LogP contribution in [-0.4, -0.2) is 21.0 Å². The maximum atomic E-state index is 11.1. The Balaban J connectivity index is 2.44. The van der Waals surface area contributed by atoms with E-state index in [0.717, 1.165) is 17.8 Å². The molecule has 0 aliphatic heterocycles. The van der Waals surface area contributed by atoms with Gasteiger partial charge in [0.1, 0.15) is 5.76 Å². The summed E-state index contributed by atoms with van der Waals surface area (Å²) in [6.45, 7) is 3.49. The lowest BCUT2D eigenvalue weighted by Crippen LogP contribution is -2.00. The number of hydrogen-bond acceptors (Lipinski definition) is 6. The molecule has 0 atom stereocenters. The van der Waals surface area contributed by atoms with E-state index < -0.39 is 10.9 Å². The Morgan fingerprint density at radius 2 is 2.15 bits per heavy atom. The molecule has 0 saturated carbocycles. The number of aromatic carboxylic acids is 1. The highest BCUT2D eigenvalue weighted by Crippen LogP contribution is 2.33. The summed E-state index contributed by atoms with van der Waals surface area (Å²) < 4.78 is 5.34. The standard InChI is InChI=1S/C12H10N2O5S/c1-6-7(2)19-12(13-6)20-10-5-8(14(17)18)3-4-9(10)11(15)16/h3-5H,1-2H3,(H,15,16). The first-order valence-corrected chi connectivity index (χ1v) is 6.33. The van der Waals surface area contributed by atoms with E-state index in [0.29, 0.717) is 11.5 Å². The summed E-state index contributed by atoms with van der Waals surface area (Å²) >= 11 is 0.946. The number of hydrogen-bond donors (Lipinski definition) is 1. The lowest BCUT2D eigenvalue weighted by Gasteiger charge is -2.02. The molecule has 0 fully saturated rings. The maximum Gasteiger partial charge on any atom is 0.336 e. The Kier molecular flexibility index (Phi) is 3.75. The summed E-state index contributed by atoms with van der Waals surface area (Å²) in [6.07, 6.45) is 0. The first-order valence-electron chi connectivity index (χ1n) is 5.52. The van der Waals surface area contributed by atoms with E-state index in [9.17, 15) is 14.9 Å². The minimum Gasteiger partial charge on any atom is -0.478 e. The molecule has 2 rings (SSSR count). The zero-order valence-electron chi connectivity index (χ0n) is 10.6. The third kappa shape index (κ3) is 2.80. The fourth-order valence-corrected chi connectivity index (χ4v) is 2.45. The number of nitro groups is 1. The van der Waals surface area contributed by atoms with Crippen molar-refractivity contribution in [2.45, 2.75) is 24.0 Å². The van der Waals surface area contributed by atoms with Crippen LogP contribution in [0.3, 0.4) is 0 Å². The van der Waals surface area contributed by atoms with Crippen molar-refractivity contribution in [3.63, 3.8) is 0 Å². The second kappa shape index (κ2) is 5.33. The minimum absolute atomic E-state index is 0.0332. The average molecular weight is 294 g/mol. The van der Waals surface area contributed by atoms with Crippen LogP contribution in [0.1, 0.15) is 21.8 Å². The largest absolute Gasteiger partial charge is 0.478 e. The van der Waals surface area contributed by atoms with E-state index in [1.807, 2.05) is 0 Å². The number of nitrogens with zero attached hydrogens (tertiary/aromatic N) is 2. The van der Waals surface area contributed by atoms with Gasteiger partial charge in [-0.25, -0.2) is 9.78 Å². The van der Waals surface area contributed by atoms with Gasteiger partial charge in [-0.05, 0) is 31.7 Å².